The molecule has 0 amide bonds. The zero-order chi connectivity index (χ0) is 44.8. The molecule has 67 heavy (non-hydrogen) atoms. The lowest BCUT2D eigenvalue weighted by atomic mass is 9.95. The highest BCUT2D eigenvalue weighted by atomic mass is 15.2. The second-order valence-corrected chi connectivity index (χ2v) is 17.1. The van der Waals surface area contributed by atoms with E-state index in [2.05, 4.69) is 289 Å². The van der Waals surface area contributed by atoms with Gasteiger partial charge in [-0.25, -0.2) is 0 Å². The lowest BCUT2D eigenvalue weighted by Crippen LogP contribution is -2.39. The molecule has 11 rings (SSSR count). The number of benzene rings is 10. The summed E-state index contributed by atoms with van der Waals surface area (Å²) in [5.41, 5.74) is 19.9. The highest BCUT2D eigenvalue weighted by Crippen LogP contribution is 2.38. The van der Waals surface area contributed by atoms with Crippen molar-refractivity contribution in [1.29, 1.82) is 0 Å². The molecule has 2 N–H and O–H groups in total. The summed E-state index contributed by atoms with van der Waals surface area (Å²) < 4.78 is 0. The molecule has 0 aromatic heterocycles. The van der Waals surface area contributed by atoms with Gasteiger partial charge in [0.1, 0.15) is 6.17 Å². The van der Waals surface area contributed by atoms with Crippen molar-refractivity contribution in [3.63, 3.8) is 0 Å². The lowest BCUT2D eigenvalue weighted by molar-refractivity contribution is 0.443. The van der Waals surface area contributed by atoms with E-state index in [1.54, 1.807) is 0 Å². The van der Waals surface area contributed by atoms with Gasteiger partial charge < -0.3 is 10.2 Å². The van der Waals surface area contributed by atoms with Crippen molar-refractivity contribution in [1.82, 2.24) is 10.6 Å². The number of rotatable bonds is 11. The highest BCUT2D eigenvalue weighted by Gasteiger charge is 2.24. The Kier molecular flexibility index (Phi) is 11.6. The van der Waals surface area contributed by atoms with Crippen LogP contribution < -0.4 is 15.5 Å². The van der Waals surface area contributed by atoms with Gasteiger partial charge in [-0.3, -0.25) is 5.32 Å². The predicted molar refractivity (Wildman–Crippen MR) is 281 cm³/mol. The fraction of sp³-hybridized carbons (Fsp3) is 0.0312. The maximum atomic E-state index is 3.91. The van der Waals surface area contributed by atoms with Gasteiger partial charge in [-0.15, -0.1) is 0 Å². The van der Waals surface area contributed by atoms with Gasteiger partial charge >= 0.3 is 0 Å². The highest BCUT2D eigenvalue weighted by molar-refractivity contribution is 5.81. The number of para-hydroxylation sites is 1. The molecule has 0 fully saturated rings. The number of nitrogens with one attached hydrogen (secondary N) is 2. The molecular weight excluding hydrogens is 811 g/mol. The SMILES string of the molecule is C1=C(c2ccc(-c3ccc(N(c4ccccc4)c4ccc(-c5cccc(-c6ccccc6)c5)cc4)cc3)cc2)NC(c2ccc(-c3ccccc3)cc2)NC1c1ccc(-c2ccccc2)cc1. The summed E-state index contributed by atoms with van der Waals surface area (Å²) in [6.45, 7) is 0. The van der Waals surface area contributed by atoms with Crippen molar-refractivity contribution in [2.75, 3.05) is 4.90 Å². The minimum absolute atomic E-state index is 0.00157. The van der Waals surface area contributed by atoms with Crippen LogP contribution in [-0.4, -0.2) is 0 Å². The first-order valence-electron chi connectivity index (χ1n) is 23.1. The monoisotopic (exact) mass is 859 g/mol. The first kappa shape index (κ1) is 41.2. The molecular formula is C64H49N3. The zero-order valence-electron chi connectivity index (χ0n) is 37.1. The molecule has 0 bridgehead atoms. The van der Waals surface area contributed by atoms with Gasteiger partial charge in [0.05, 0.1) is 6.04 Å². The van der Waals surface area contributed by atoms with E-state index < -0.39 is 0 Å². The molecule has 320 valence electrons. The average molecular weight is 860 g/mol. The van der Waals surface area contributed by atoms with Crippen LogP contribution in [0, 0.1) is 0 Å². The van der Waals surface area contributed by atoms with Crippen molar-refractivity contribution >= 4 is 22.8 Å². The molecule has 10 aromatic rings. The molecule has 1 aliphatic rings. The Morgan fingerprint density at radius 1 is 0.269 bits per heavy atom. The Labute approximate surface area is 394 Å². The predicted octanol–water partition coefficient (Wildman–Crippen LogP) is 16.5. The number of hydrogen-bond acceptors (Lipinski definition) is 3. The molecule has 2 unspecified atom stereocenters. The fourth-order valence-corrected chi connectivity index (χ4v) is 9.18. The van der Waals surface area contributed by atoms with Gasteiger partial charge in [-0.2, -0.15) is 0 Å². The van der Waals surface area contributed by atoms with Crippen LogP contribution >= 0.6 is 0 Å². The van der Waals surface area contributed by atoms with E-state index in [-0.39, 0.29) is 12.2 Å². The van der Waals surface area contributed by atoms with E-state index in [1.807, 2.05) is 0 Å². The van der Waals surface area contributed by atoms with Crippen LogP contribution in [0.5, 0.6) is 0 Å². The number of anilines is 3. The van der Waals surface area contributed by atoms with Gasteiger partial charge in [0.2, 0.25) is 0 Å². The third-order valence-electron chi connectivity index (χ3n) is 12.8. The van der Waals surface area contributed by atoms with E-state index >= 15 is 0 Å². The van der Waals surface area contributed by atoms with Crippen LogP contribution in [0.2, 0.25) is 0 Å². The van der Waals surface area contributed by atoms with Crippen molar-refractivity contribution < 1.29 is 0 Å². The van der Waals surface area contributed by atoms with Crippen LogP contribution in [0.1, 0.15) is 28.9 Å². The molecule has 3 heteroatoms. The normalized spacial score (nSPS) is 14.4. The minimum Gasteiger partial charge on any atom is -0.366 e. The van der Waals surface area contributed by atoms with E-state index in [4.69, 9.17) is 0 Å². The molecule has 0 saturated heterocycles. The van der Waals surface area contributed by atoms with Crippen molar-refractivity contribution in [3.05, 3.63) is 290 Å². The Bertz CT molecular complexity index is 3220. The molecule has 1 heterocycles. The third kappa shape index (κ3) is 9.10. The van der Waals surface area contributed by atoms with Crippen molar-refractivity contribution in [3.8, 4) is 55.6 Å². The molecule has 0 saturated carbocycles. The Hall–Kier alpha value is -8.50. The summed E-state index contributed by atoms with van der Waals surface area (Å²) in [5, 5.41) is 7.76. The number of nitrogens with zero attached hydrogens (tertiary/aromatic N) is 1. The lowest BCUT2D eigenvalue weighted by Gasteiger charge is -2.33. The summed E-state index contributed by atoms with van der Waals surface area (Å²) >= 11 is 0. The molecule has 0 radical (unpaired) electrons. The minimum atomic E-state index is -0.0922. The summed E-state index contributed by atoms with van der Waals surface area (Å²) in [4.78, 5) is 2.32. The van der Waals surface area contributed by atoms with Gasteiger partial charge in [-0.05, 0) is 121 Å². The maximum absolute atomic E-state index is 3.91. The molecule has 0 spiro atoms. The first-order valence-corrected chi connectivity index (χ1v) is 23.1. The van der Waals surface area contributed by atoms with E-state index in [1.165, 1.54) is 61.2 Å². The van der Waals surface area contributed by atoms with E-state index in [9.17, 15) is 0 Å². The van der Waals surface area contributed by atoms with E-state index in [0.29, 0.717) is 0 Å². The van der Waals surface area contributed by atoms with E-state index in [0.717, 1.165) is 33.9 Å². The second kappa shape index (κ2) is 18.9. The van der Waals surface area contributed by atoms with Crippen LogP contribution in [-0.2, 0) is 0 Å². The summed E-state index contributed by atoms with van der Waals surface area (Å²) in [5.74, 6) is 0. The molecule has 10 aromatic carbocycles. The summed E-state index contributed by atoms with van der Waals surface area (Å²) in [6, 6.07) is 95.7. The molecule has 0 aliphatic carbocycles. The average Bonchev–Trinajstić information content (AvgIpc) is 3.42. The topological polar surface area (TPSA) is 27.3 Å². The van der Waals surface area contributed by atoms with Gasteiger partial charge in [0, 0.05) is 22.8 Å². The summed E-state index contributed by atoms with van der Waals surface area (Å²) in [7, 11) is 0. The van der Waals surface area contributed by atoms with Crippen molar-refractivity contribution in [2.45, 2.75) is 12.2 Å². The molecule has 2 atom stereocenters. The second-order valence-electron chi connectivity index (χ2n) is 17.1. The largest absolute Gasteiger partial charge is 0.366 e. The maximum Gasteiger partial charge on any atom is 0.104 e. The van der Waals surface area contributed by atoms with Crippen LogP contribution in [0.25, 0.3) is 61.3 Å². The number of hydrogen-bond donors (Lipinski definition) is 2. The Balaban J connectivity index is 0.855. The van der Waals surface area contributed by atoms with Crippen LogP contribution in [0.3, 0.4) is 0 Å². The van der Waals surface area contributed by atoms with Crippen LogP contribution in [0.4, 0.5) is 17.1 Å². The Morgan fingerprint density at radius 2 is 0.597 bits per heavy atom. The zero-order valence-corrected chi connectivity index (χ0v) is 37.1. The first-order chi connectivity index (χ1) is 33.2. The Morgan fingerprint density at radius 3 is 1.07 bits per heavy atom. The quantitative estimate of drug-likeness (QED) is 0.136. The van der Waals surface area contributed by atoms with Crippen molar-refractivity contribution in [2.24, 2.45) is 0 Å². The van der Waals surface area contributed by atoms with Gasteiger partial charge in [0.25, 0.3) is 0 Å². The van der Waals surface area contributed by atoms with Crippen LogP contribution in [0.15, 0.2) is 273 Å². The van der Waals surface area contributed by atoms with Gasteiger partial charge in [0.15, 0.2) is 0 Å². The molecule has 3 nitrogen and oxygen atoms in total. The van der Waals surface area contributed by atoms with Gasteiger partial charge in [-0.1, -0.05) is 224 Å². The summed E-state index contributed by atoms with van der Waals surface area (Å²) in [6.07, 6.45) is 2.23. The smallest absolute Gasteiger partial charge is 0.104 e. The standard InChI is InChI=1S/C64H49N3/c1-5-14-46(15-6-1)49-24-30-54(31-25-49)62-45-63(66-64(65-62)56-34-28-50(29-35-56)47-16-7-2-8-17-47)55-32-26-51(27-33-55)52-36-40-60(41-37-52)67(59-22-11-4-12-23-59)61-42-38-53(39-43-61)58-21-13-20-57(44-58)48-18-9-3-10-19-48/h1-45,62,64-66H. The molecule has 1 aliphatic heterocycles. The fourth-order valence-electron chi connectivity index (χ4n) is 9.18. The third-order valence-corrected chi connectivity index (χ3v) is 12.8.